The summed E-state index contributed by atoms with van der Waals surface area (Å²) in [6, 6.07) is 12.6. The molecule has 42 heavy (non-hydrogen) atoms. The minimum atomic E-state index is -4.67. The average molecular weight is 578 g/mol. The quantitative estimate of drug-likeness (QED) is 0.209. The predicted octanol–water partition coefficient (Wildman–Crippen LogP) is 7.79. The number of nitrogens with one attached hydrogen (secondary N) is 1. The summed E-state index contributed by atoms with van der Waals surface area (Å²) < 4.78 is 62.7. The van der Waals surface area contributed by atoms with E-state index in [4.69, 9.17) is 9.84 Å². The first kappa shape index (κ1) is 27.8. The van der Waals surface area contributed by atoms with Gasteiger partial charge in [-0.15, -0.1) is 0 Å². The Morgan fingerprint density at radius 3 is 2.62 bits per heavy atom. The van der Waals surface area contributed by atoms with Crippen LogP contribution in [-0.2, 0) is 19.1 Å². The Morgan fingerprint density at radius 1 is 1.07 bits per heavy atom. The minimum Gasteiger partial charge on any atom is -0.491 e. The largest absolute Gasteiger partial charge is 0.491 e. The second-order valence-corrected chi connectivity index (χ2v) is 11.2. The molecule has 10 heteroatoms. The van der Waals surface area contributed by atoms with Crippen molar-refractivity contribution in [2.75, 3.05) is 18.1 Å². The molecule has 0 spiro atoms. The van der Waals surface area contributed by atoms with E-state index in [0.29, 0.717) is 43.5 Å². The summed E-state index contributed by atoms with van der Waals surface area (Å²) in [6.45, 7) is 9.35. The third-order valence-corrected chi connectivity index (χ3v) is 7.63. The van der Waals surface area contributed by atoms with Crippen LogP contribution in [0.5, 0.6) is 5.75 Å². The number of aromatic amines is 1. The summed E-state index contributed by atoms with van der Waals surface area (Å²) in [6.07, 6.45) is -1.56. The number of pyridine rings is 1. The summed E-state index contributed by atoms with van der Waals surface area (Å²) in [5, 5.41) is 6.14. The highest BCUT2D eigenvalue weighted by Crippen LogP contribution is 2.39. The summed E-state index contributed by atoms with van der Waals surface area (Å²) in [7, 11) is 0. The van der Waals surface area contributed by atoms with Crippen LogP contribution in [0.1, 0.15) is 41.8 Å². The average Bonchev–Trinajstić information content (AvgIpc) is 3.50. The highest BCUT2D eigenvalue weighted by Gasteiger charge is 2.34. The van der Waals surface area contributed by atoms with Gasteiger partial charge in [-0.25, -0.2) is 14.1 Å². The molecular weight excluding hydrogens is 546 g/mol. The molecule has 6 rings (SSSR count). The molecule has 2 aromatic carbocycles. The van der Waals surface area contributed by atoms with Gasteiger partial charge in [-0.3, -0.25) is 0 Å². The van der Waals surface area contributed by atoms with Crippen LogP contribution in [0.3, 0.4) is 0 Å². The van der Waals surface area contributed by atoms with Gasteiger partial charge in [0.2, 0.25) is 0 Å². The summed E-state index contributed by atoms with van der Waals surface area (Å²) in [4.78, 5) is 8.87. The number of alkyl halides is 3. The van der Waals surface area contributed by atoms with Crippen LogP contribution in [0.15, 0.2) is 54.9 Å². The number of halogens is 4. The number of benzene rings is 2. The Hall–Kier alpha value is -4.34. The maximum absolute atomic E-state index is 15.0. The van der Waals surface area contributed by atoms with E-state index in [9.17, 15) is 13.2 Å². The molecular formula is C32H31F4N5O. The summed E-state index contributed by atoms with van der Waals surface area (Å²) in [5.41, 5.74) is 6.24. The first-order chi connectivity index (χ1) is 20.0. The van der Waals surface area contributed by atoms with Gasteiger partial charge in [0.25, 0.3) is 0 Å². The van der Waals surface area contributed by atoms with Gasteiger partial charge in [-0.1, -0.05) is 32.0 Å². The van der Waals surface area contributed by atoms with E-state index in [1.165, 1.54) is 0 Å². The molecule has 0 fully saturated rings. The van der Waals surface area contributed by atoms with Crippen LogP contribution >= 0.6 is 0 Å². The van der Waals surface area contributed by atoms with Crippen LogP contribution in [0.25, 0.3) is 27.8 Å². The van der Waals surface area contributed by atoms with Crippen molar-refractivity contribution in [3.8, 4) is 22.7 Å². The van der Waals surface area contributed by atoms with Crippen LogP contribution in [0.2, 0.25) is 0 Å². The van der Waals surface area contributed by atoms with Gasteiger partial charge < -0.3 is 14.6 Å². The molecule has 3 aromatic heterocycles. The molecule has 1 aliphatic heterocycles. The fraction of sp³-hybridized carbons (Fsp3) is 0.312. The Bertz CT molecular complexity index is 1790. The maximum Gasteiger partial charge on any atom is 0.417 e. The van der Waals surface area contributed by atoms with Gasteiger partial charge in [0.15, 0.2) is 11.6 Å². The van der Waals surface area contributed by atoms with Crippen LogP contribution < -0.4 is 9.64 Å². The highest BCUT2D eigenvalue weighted by molar-refractivity contribution is 5.88. The molecule has 1 N–H and O–H groups in total. The van der Waals surface area contributed by atoms with Crippen LogP contribution in [-0.4, -0.2) is 32.9 Å². The lowest BCUT2D eigenvalue weighted by Crippen LogP contribution is -2.32. The van der Waals surface area contributed by atoms with Crippen molar-refractivity contribution in [2.45, 2.75) is 46.8 Å². The smallest absolute Gasteiger partial charge is 0.417 e. The third-order valence-electron chi connectivity index (χ3n) is 7.63. The number of hydrogen-bond donors (Lipinski definition) is 1. The number of fused-ring (bicyclic) bond motifs is 2. The fourth-order valence-corrected chi connectivity index (χ4v) is 5.51. The predicted molar refractivity (Wildman–Crippen MR) is 155 cm³/mol. The van der Waals surface area contributed by atoms with Crippen molar-refractivity contribution in [1.29, 1.82) is 0 Å². The second-order valence-electron chi connectivity index (χ2n) is 11.2. The van der Waals surface area contributed by atoms with Crippen molar-refractivity contribution in [3.05, 3.63) is 88.6 Å². The molecule has 1 aliphatic rings. The number of ether oxygens (including phenoxy) is 1. The van der Waals surface area contributed by atoms with Gasteiger partial charge in [0, 0.05) is 53.9 Å². The highest BCUT2D eigenvalue weighted by atomic mass is 19.4. The van der Waals surface area contributed by atoms with E-state index in [1.807, 2.05) is 55.1 Å². The SMILES string of the molecule is Cc1cccc(OCC(C)C)c1-n1nc2c(c1-c1ccc3[nH]cc(C)c3c1)CN(c1ncc(C(F)(F)F)cc1F)CC2. The van der Waals surface area contributed by atoms with Crippen molar-refractivity contribution in [1.82, 2.24) is 19.7 Å². The Kier molecular flexibility index (Phi) is 6.95. The fourth-order valence-electron chi connectivity index (χ4n) is 5.51. The lowest BCUT2D eigenvalue weighted by Gasteiger charge is -2.28. The topological polar surface area (TPSA) is 59.0 Å². The number of aromatic nitrogens is 4. The molecule has 0 amide bonds. The molecule has 4 heterocycles. The molecule has 0 saturated carbocycles. The number of H-pyrrole nitrogens is 1. The standard InChI is InChI=1S/C32H31F4N5O/c1-18(2)17-42-28-7-5-6-19(3)29(28)41-30(21-8-9-26-23(12-21)20(4)14-37-26)24-16-40(11-10-27(24)39-41)31-25(33)13-22(15-38-31)32(34,35)36/h5-9,12-15,18,37H,10-11,16-17H2,1-4H3. The number of para-hydroxylation sites is 1. The molecule has 0 bridgehead atoms. The molecule has 5 aromatic rings. The van der Waals surface area contributed by atoms with E-state index < -0.39 is 17.6 Å². The minimum absolute atomic E-state index is 0.110. The van der Waals surface area contributed by atoms with Crippen molar-refractivity contribution in [2.24, 2.45) is 5.92 Å². The molecule has 218 valence electrons. The molecule has 0 aliphatic carbocycles. The number of hydrogen-bond acceptors (Lipinski definition) is 4. The van der Waals surface area contributed by atoms with Gasteiger partial charge in [-0.2, -0.15) is 18.3 Å². The third kappa shape index (κ3) is 4.99. The zero-order valence-corrected chi connectivity index (χ0v) is 23.8. The lowest BCUT2D eigenvalue weighted by molar-refractivity contribution is -0.138. The number of nitrogens with zero attached hydrogens (tertiary/aromatic N) is 4. The van der Waals surface area contributed by atoms with Gasteiger partial charge in [0.1, 0.15) is 11.4 Å². The number of aryl methyl sites for hydroxylation is 2. The second kappa shape index (κ2) is 10.5. The van der Waals surface area contributed by atoms with E-state index >= 15 is 4.39 Å². The van der Waals surface area contributed by atoms with Gasteiger partial charge >= 0.3 is 6.18 Å². The number of rotatable bonds is 6. The van der Waals surface area contributed by atoms with Gasteiger partial charge in [-0.05, 0) is 55.2 Å². The monoisotopic (exact) mass is 577 g/mol. The first-order valence-corrected chi connectivity index (χ1v) is 13.9. The van der Waals surface area contributed by atoms with E-state index in [0.717, 1.165) is 50.2 Å². The molecule has 0 radical (unpaired) electrons. The molecule has 0 unspecified atom stereocenters. The Labute approximate surface area is 240 Å². The Balaban J connectivity index is 1.51. The van der Waals surface area contributed by atoms with Crippen LogP contribution in [0.4, 0.5) is 23.4 Å². The van der Waals surface area contributed by atoms with E-state index in [-0.39, 0.29) is 12.4 Å². The van der Waals surface area contributed by atoms with E-state index in [2.05, 4.69) is 29.9 Å². The normalized spacial score (nSPS) is 13.7. The maximum atomic E-state index is 15.0. The van der Waals surface area contributed by atoms with Gasteiger partial charge in [0.05, 0.1) is 23.6 Å². The lowest BCUT2D eigenvalue weighted by atomic mass is 9.99. The van der Waals surface area contributed by atoms with Crippen molar-refractivity contribution in [3.63, 3.8) is 0 Å². The van der Waals surface area contributed by atoms with E-state index in [1.54, 1.807) is 4.90 Å². The van der Waals surface area contributed by atoms with Crippen LogP contribution in [0, 0.1) is 25.6 Å². The first-order valence-electron chi connectivity index (χ1n) is 13.9. The number of anilines is 1. The zero-order valence-electron chi connectivity index (χ0n) is 23.8. The summed E-state index contributed by atoms with van der Waals surface area (Å²) >= 11 is 0. The van der Waals surface area contributed by atoms with Crippen molar-refractivity contribution < 1.29 is 22.3 Å². The van der Waals surface area contributed by atoms with Crippen molar-refractivity contribution >= 4 is 16.7 Å². The molecule has 6 nitrogen and oxygen atoms in total. The Morgan fingerprint density at radius 2 is 1.88 bits per heavy atom. The zero-order chi connectivity index (χ0) is 29.8. The summed E-state index contributed by atoms with van der Waals surface area (Å²) in [5.74, 6) is -0.0886. The molecule has 0 saturated heterocycles. The molecule has 0 atom stereocenters.